The van der Waals surface area contributed by atoms with Gasteiger partial charge in [0.1, 0.15) is 0 Å². The standard InChI is InChI=1S/C6H6AsIO/c8-6-3-1-5(7-9)2-4-6/h1-4H,7H2. The van der Waals surface area contributed by atoms with Crippen molar-refractivity contribution in [2.45, 2.75) is 0 Å². The van der Waals surface area contributed by atoms with Crippen molar-refractivity contribution in [3.05, 3.63) is 27.8 Å². The van der Waals surface area contributed by atoms with E-state index in [-0.39, 0.29) is 0 Å². The number of benzene rings is 1. The summed E-state index contributed by atoms with van der Waals surface area (Å²) in [5.41, 5.74) is 0. The molecule has 0 saturated heterocycles. The Hall–Kier alpha value is 0.308. The SMILES string of the molecule is O=[AsH2]c1ccc(I)cc1. The van der Waals surface area contributed by atoms with E-state index < -0.39 is 15.7 Å². The van der Waals surface area contributed by atoms with Crippen LogP contribution in [-0.4, -0.2) is 15.7 Å². The Balaban J connectivity index is 3.01. The topological polar surface area (TPSA) is 17.1 Å². The second-order valence-electron chi connectivity index (χ2n) is 1.67. The van der Waals surface area contributed by atoms with Crippen LogP contribution in [0.2, 0.25) is 0 Å². The third-order valence-corrected chi connectivity index (χ3v) is 3.10. The number of hydrogen-bond acceptors (Lipinski definition) is 1. The van der Waals surface area contributed by atoms with Crippen LogP contribution >= 0.6 is 22.6 Å². The van der Waals surface area contributed by atoms with Gasteiger partial charge in [0.2, 0.25) is 0 Å². The first-order valence-corrected chi connectivity index (χ1v) is 5.81. The van der Waals surface area contributed by atoms with Gasteiger partial charge in [-0.25, -0.2) is 0 Å². The molecule has 0 fully saturated rings. The zero-order valence-corrected chi connectivity index (χ0v) is 9.25. The summed E-state index contributed by atoms with van der Waals surface area (Å²) in [6.45, 7) is 0. The minimum absolute atomic E-state index is 1.01. The second-order valence-corrected chi connectivity index (χ2v) is 4.81. The Morgan fingerprint density at radius 3 is 2.22 bits per heavy atom. The summed E-state index contributed by atoms with van der Waals surface area (Å²) in [7, 11) is 0. The first-order chi connectivity index (χ1) is 4.33. The zero-order valence-electron chi connectivity index (χ0n) is 4.67. The van der Waals surface area contributed by atoms with Crippen molar-refractivity contribution in [3.63, 3.8) is 0 Å². The molecule has 9 heavy (non-hydrogen) atoms. The van der Waals surface area contributed by atoms with Gasteiger partial charge in [-0.15, -0.1) is 0 Å². The maximum atomic E-state index is 10.4. The average Bonchev–Trinajstić information content (AvgIpc) is 1.90. The fourth-order valence-electron chi connectivity index (χ4n) is 0.541. The van der Waals surface area contributed by atoms with Gasteiger partial charge >= 0.3 is 74.2 Å². The monoisotopic (exact) mass is 296 g/mol. The second kappa shape index (κ2) is 3.47. The van der Waals surface area contributed by atoms with E-state index in [1.165, 1.54) is 3.57 Å². The van der Waals surface area contributed by atoms with Gasteiger partial charge in [-0.1, -0.05) is 0 Å². The number of rotatable bonds is 1. The fourth-order valence-corrected chi connectivity index (χ4v) is 1.63. The van der Waals surface area contributed by atoms with Gasteiger partial charge in [0.25, 0.3) is 0 Å². The molecule has 0 aliphatic carbocycles. The van der Waals surface area contributed by atoms with Crippen LogP contribution in [0.4, 0.5) is 0 Å². The summed E-state index contributed by atoms with van der Waals surface area (Å²) >= 11 is 0.917. The van der Waals surface area contributed by atoms with Gasteiger partial charge in [-0.3, -0.25) is 0 Å². The van der Waals surface area contributed by atoms with Crippen LogP contribution in [-0.2, 0) is 3.74 Å². The quantitative estimate of drug-likeness (QED) is 0.542. The molecule has 0 bridgehead atoms. The molecule has 0 spiro atoms. The van der Waals surface area contributed by atoms with Crippen LogP contribution in [0.1, 0.15) is 0 Å². The van der Waals surface area contributed by atoms with Crippen molar-refractivity contribution in [2.24, 2.45) is 0 Å². The number of hydrogen-bond donors (Lipinski definition) is 0. The molecule has 1 atom stereocenters. The van der Waals surface area contributed by atoms with Gasteiger partial charge in [0.05, 0.1) is 0 Å². The molecular formula is C6H6AsIO. The Labute approximate surface area is 73.9 Å². The van der Waals surface area contributed by atoms with E-state index in [9.17, 15) is 3.74 Å². The first-order valence-electron chi connectivity index (χ1n) is 2.53. The molecule has 0 amide bonds. The molecule has 1 aromatic rings. The van der Waals surface area contributed by atoms with Crippen LogP contribution < -0.4 is 4.35 Å². The van der Waals surface area contributed by atoms with Crippen LogP contribution in [0.3, 0.4) is 0 Å². The molecule has 0 N–H and O–H groups in total. The molecule has 0 aliphatic rings. The summed E-state index contributed by atoms with van der Waals surface area (Å²) in [5.74, 6) is 0. The third kappa shape index (κ3) is 2.18. The van der Waals surface area contributed by atoms with E-state index in [1.54, 1.807) is 0 Å². The molecule has 1 nitrogen and oxygen atoms in total. The fraction of sp³-hybridized carbons (Fsp3) is 0. The Morgan fingerprint density at radius 1 is 1.22 bits per heavy atom. The summed E-state index contributed by atoms with van der Waals surface area (Å²) in [4.78, 5) is 0. The van der Waals surface area contributed by atoms with Gasteiger partial charge in [0, 0.05) is 0 Å². The van der Waals surface area contributed by atoms with Crippen LogP contribution in [0.15, 0.2) is 24.3 Å². The molecule has 0 saturated carbocycles. The van der Waals surface area contributed by atoms with Gasteiger partial charge in [0.15, 0.2) is 0 Å². The Morgan fingerprint density at radius 2 is 1.78 bits per heavy atom. The predicted octanol–water partition coefficient (Wildman–Crippen LogP) is 0.431. The van der Waals surface area contributed by atoms with Crippen LogP contribution in [0.25, 0.3) is 0 Å². The van der Waals surface area contributed by atoms with Crippen molar-refractivity contribution < 1.29 is 3.74 Å². The van der Waals surface area contributed by atoms with Gasteiger partial charge in [-0.05, 0) is 0 Å². The van der Waals surface area contributed by atoms with Crippen molar-refractivity contribution >= 4 is 42.6 Å². The molecule has 1 aromatic carbocycles. The van der Waals surface area contributed by atoms with Crippen molar-refractivity contribution in [1.82, 2.24) is 0 Å². The number of halogens is 1. The van der Waals surface area contributed by atoms with E-state index in [4.69, 9.17) is 0 Å². The van der Waals surface area contributed by atoms with E-state index in [1.807, 2.05) is 24.3 Å². The summed E-state index contributed by atoms with van der Waals surface area (Å²) in [6.07, 6.45) is 0. The normalized spacial score (nSPS) is 10.8. The molecule has 0 radical (unpaired) electrons. The molecule has 48 valence electrons. The van der Waals surface area contributed by atoms with E-state index >= 15 is 0 Å². The Kier molecular flexibility index (Phi) is 2.86. The Bertz CT molecular complexity index is 207. The molecule has 1 unspecified atom stereocenters. The molecular weight excluding hydrogens is 290 g/mol. The zero-order chi connectivity index (χ0) is 6.69. The van der Waals surface area contributed by atoms with E-state index in [0.29, 0.717) is 0 Å². The van der Waals surface area contributed by atoms with Gasteiger partial charge in [-0.2, -0.15) is 0 Å². The van der Waals surface area contributed by atoms with E-state index in [0.717, 1.165) is 4.35 Å². The van der Waals surface area contributed by atoms with Gasteiger partial charge < -0.3 is 0 Å². The molecule has 3 heteroatoms. The molecule has 1 rings (SSSR count). The maximum absolute atomic E-state index is 10.4. The molecule has 0 heterocycles. The van der Waals surface area contributed by atoms with Crippen molar-refractivity contribution in [1.29, 1.82) is 0 Å². The van der Waals surface area contributed by atoms with Crippen molar-refractivity contribution in [2.75, 3.05) is 0 Å². The van der Waals surface area contributed by atoms with Crippen molar-refractivity contribution in [3.8, 4) is 0 Å². The third-order valence-electron chi connectivity index (χ3n) is 1.01. The summed E-state index contributed by atoms with van der Waals surface area (Å²) < 4.78 is 12.6. The van der Waals surface area contributed by atoms with E-state index in [2.05, 4.69) is 22.6 Å². The molecule has 0 aromatic heterocycles. The predicted molar refractivity (Wildman–Crippen MR) is 48.0 cm³/mol. The minimum atomic E-state index is -1.31. The summed E-state index contributed by atoms with van der Waals surface area (Å²) in [6, 6.07) is 7.81. The average molecular weight is 296 g/mol. The van der Waals surface area contributed by atoms with Crippen LogP contribution in [0.5, 0.6) is 0 Å². The molecule has 0 aliphatic heterocycles. The van der Waals surface area contributed by atoms with Crippen LogP contribution in [0, 0.1) is 3.57 Å². The summed E-state index contributed by atoms with van der Waals surface area (Å²) in [5, 5.41) is 0. The first kappa shape index (κ1) is 7.42.